The van der Waals surface area contributed by atoms with Crippen molar-refractivity contribution in [3.05, 3.63) is 370 Å². The number of hydrogen-bond donors (Lipinski definition) is 0. The highest BCUT2D eigenvalue weighted by molar-refractivity contribution is 7.38. The number of hydrogen-bond acceptors (Lipinski definition) is 13. The van der Waals surface area contributed by atoms with Crippen LogP contribution in [0, 0.1) is 0 Å². The first-order valence-corrected chi connectivity index (χ1v) is 46.7. The maximum absolute atomic E-state index is 6.34. The number of para-hydroxylation sites is 5. The van der Waals surface area contributed by atoms with E-state index in [1.165, 1.54) is 122 Å². The number of thiophene rings is 6. The van der Waals surface area contributed by atoms with Crippen molar-refractivity contribution < 1.29 is 4.42 Å². The van der Waals surface area contributed by atoms with Crippen LogP contribution in [0.1, 0.15) is 0 Å². The molecule has 0 atom stereocenters. The molecule has 29 rings (SSSR count). The molecule has 0 aliphatic rings. The molecule has 29 aromatic rings. The second kappa shape index (κ2) is 28.3. The molecule has 0 bridgehead atoms. The van der Waals surface area contributed by atoms with Crippen LogP contribution in [0.5, 0.6) is 0 Å². The summed E-state index contributed by atoms with van der Waals surface area (Å²) in [6, 6.07) is 130. The molecule has 0 saturated carbocycles. The molecule has 13 aromatic heterocycles. The van der Waals surface area contributed by atoms with E-state index in [-0.39, 0.29) is 0 Å². The summed E-state index contributed by atoms with van der Waals surface area (Å²) in [7, 11) is 0. The maximum Gasteiger partial charge on any atom is 0.235 e. The van der Waals surface area contributed by atoms with Gasteiger partial charge in [-0.3, -0.25) is 13.7 Å². The lowest BCUT2D eigenvalue weighted by Crippen LogP contribution is -2.03. The van der Waals surface area contributed by atoms with Crippen molar-refractivity contribution in [3.8, 4) is 62.7 Å². The number of nitrogens with zero attached hydrogens (tertiary/aromatic N) is 9. The number of fused-ring (bicyclic) bond motifs is 31. The summed E-state index contributed by atoms with van der Waals surface area (Å²) >= 11 is 11.2. The van der Waals surface area contributed by atoms with Crippen molar-refractivity contribution in [2.24, 2.45) is 0 Å². The minimum atomic E-state index is 0.673. The molecule has 0 N–H and O–H groups in total. The highest BCUT2D eigenvalue weighted by Gasteiger charge is 2.29. The van der Waals surface area contributed by atoms with E-state index in [4.69, 9.17) is 34.3 Å². The van der Waals surface area contributed by atoms with Gasteiger partial charge in [0.2, 0.25) is 17.8 Å². The van der Waals surface area contributed by atoms with Gasteiger partial charge < -0.3 is 4.42 Å². The summed E-state index contributed by atoms with van der Waals surface area (Å²) in [5, 5.41) is 17.6. The minimum Gasteiger partial charge on any atom is -0.456 e. The van der Waals surface area contributed by atoms with E-state index in [0.717, 1.165) is 121 Å². The van der Waals surface area contributed by atoms with Crippen LogP contribution in [0.4, 0.5) is 0 Å². The lowest BCUT2D eigenvalue weighted by molar-refractivity contribution is 0.669. The molecule has 10 nitrogen and oxygen atoms in total. The highest BCUT2D eigenvalue weighted by atomic mass is 32.1. The number of benzene rings is 16. The molecule has 0 saturated heterocycles. The Balaban J connectivity index is 0.0000000992. The van der Waals surface area contributed by atoms with Crippen LogP contribution in [0.25, 0.3) is 261 Å². The molecule has 13 heterocycles. The molecule has 0 spiro atoms. The largest absolute Gasteiger partial charge is 0.456 e. The molecule has 126 heavy (non-hydrogen) atoms. The van der Waals surface area contributed by atoms with Gasteiger partial charge in [0.15, 0.2) is 0 Å². The highest BCUT2D eigenvalue weighted by Crippen LogP contribution is 2.53. The van der Waals surface area contributed by atoms with E-state index in [1.54, 1.807) is 0 Å². The minimum absolute atomic E-state index is 0.673. The quantitative estimate of drug-likeness (QED) is 0.146. The fourth-order valence-corrected chi connectivity index (χ4v) is 27.3. The van der Waals surface area contributed by atoms with Gasteiger partial charge in [0.05, 0.1) is 109 Å². The van der Waals surface area contributed by atoms with Crippen LogP contribution in [0.2, 0.25) is 0 Å². The van der Waals surface area contributed by atoms with Crippen molar-refractivity contribution in [3.63, 3.8) is 0 Å². The topological polar surface area (TPSA) is 105 Å². The third-order valence-electron chi connectivity index (χ3n) is 24.7. The molecule has 16 aromatic carbocycles. The third-order valence-corrected chi connectivity index (χ3v) is 32.3. The molecular formula is C110H61N9OS6. The summed E-state index contributed by atoms with van der Waals surface area (Å²) in [4.78, 5) is 32.0. The Morgan fingerprint density at radius 3 is 1.06 bits per heavy atom. The lowest BCUT2D eigenvalue weighted by atomic mass is 9.98. The van der Waals surface area contributed by atoms with Crippen LogP contribution < -0.4 is 0 Å². The Hall–Kier alpha value is -15.0. The Morgan fingerprint density at radius 1 is 0.198 bits per heavy atom. The molecular weight excluding hydrogens is 1660 g/mol. The van der Waals surface area contributed by atoms with Crippen LogP contribution in [-0.4, -0.2) is 43.6 Å². The van der Waals surface area contributed by atoms with Crippen molar-refractivity contribution in [2.45, 2.75) is 0 Å². The van der Waals surface area contributed by atoms with E-state index < -0.39 is 0 Å². The molecule has 588 valence electrons. The molecule has 16 heteroatoms. The van der Waals surface area contributed by atoms with Gasteiger partial charge in [-0.1, -0.05) is 291 Å². The molecule has 0 fully saturated rings. The van der Waals surface area contributed by atoms with Crippen molar-refractivity contribution in [1.29, 1.82) is 0 Å². The second-order valence-corrected chi connectivity index (χ2v) is 38.0. The van der Waals surface area contributed by atoms with Gasteiger partial charge in [-0.25, -0.2) is 29.9 Å². The van der Waals surface area contributed by atoms with E-state index in [0.29, 0.717) is 17.8 Å². The van der Waals surface area contributed by atoms with E-state index >= 15 is 0 Å². The first-order chi connectivity index (χ1) is 62.5. The smallest absolute Gasteiger partial charge is 0.235 e. The monoisotopic (exact) mass is 1720 g/mol. The Morgan fingerprint density at radius 2 is 0.556 bits per heavy atom. The molecule has 0 amide bonds. The van der Waals surface area contributed by atoms with Crippen LogP contribution in [0.3, 0.4) is 0 Å². The molecule has 0 aliphatic carbocycles. The van der Waals surface area contributed by atoms with Gasteiger partial charge in [0, 0.05) is 101 Å². The number of rotatable bonds is 7. The lowest BCUT2D eigenvalue weighted by Gasteiger charge is -2.14. The molecule has 0 aliphatic heterocycles. The van der Waals surface area contributed by atoms with Crippen molar-refractivity contribution >= 4 is 266 Å². The van der Waals surface area contributed by atoms with Crippen LogP contribution in [0.15, 0.2) is 374 Å². The first kappa shape index (κ1) is 71.6. The fourth-order valence-electron chi connectivity index (χ4n) is 19.0. The van der Waals surface area contributed by atoms with Gasteiger partial charge in [-0.15, -0.1) is 68.0 Å². The average molecular weight is 1720 g/mol. The summed E-state index contributed by atoms with van der Waals surface area (Å²) in [6.07, 6.45) is 0. The van der Waals surface area contributed by atoms with E-state index in [9.17, 15) is 0 Å². The molecule has 0 radical (unpaired) electrons. The van der Waals surface area contributed by atoms with Crippen LogP contribution in [-0.2, 0) is 0 Å². The van der Waals surface area contributed by atoms with Crippen molar-refractivity contribution in [2.75, 3.05) is 0 Å². The predicted octanol–water partition coefficient (Wildman–Crippen LogP) is 32.3. The average Bonchev–Trinajstić information content (AvgIpc) is 1.55. The first-order valence-electron chi connectivity index (χ1n) is 41.8. The number of aromatic nitrogens is 9. The Labute approximate surface area is 740 Å². The maximum atomic E-state index is 6.34. The zero-order valence-electron chi connectivity index (χ0n) is 66.6. The Bertz CT molecular complexity index is 9610. The zero-order valence-corrected chi connectivity index (χ0v) is 71.5. The normalized spacial score (nSPS) is 12.1. The SMILES string of the molecule is c1ccc(-c2cccc(-c3nc(-n4c5ccccc5c5sc6c7ccccc7sc6c54)nc4c3ccc3ccccc34)c2)cc1.c1ccc(-c2nc(-n3c4ccccc4c4sc5c6ccccc6sc5c43)nc3ccccc23)cc1.c1ccc2c(c1)ccc1c(-c3ccc4c(c3)oc3ccccc34)nc(-n3c4ccccc4c4sc5c6ccccc6sc5c43)nc12. The summed E-state index contributed by atoms with van der Waals surface area (Å²) in [6.45, 7) is 0. The van der Waals surface area contributed by atoms with Gasteiger partial charge in [-0.05, 0) is 101 Å². The van der Waals surface area contributed by atoms with Crippen molar-refractivity contribution in [1.82, 2.24) is 43.6 Å². The fraction of sp³-hybridized carbons (Fsp3) is 0. The van der Waals surface area contributed by atoms with E-state index in [1.807, 2.05) is 92.3 Å². The Kier molecular flexibility index (Phi) is 16.1. The molecule has 0 unspecified atom stereocenters. The standard InChI is InChI=1S/C40H21N3OS2.C40H23N3S2.C30H17N3S2/c1-2-10-24-22(9-1)17-20-29-34(23-18-19-26-25-11-4-7-15-31(25)44-32(26)21-23)41-40(42-35(24)29)43-30-14-6-3-12-27(30)37-36(43)39-38(46-37)28-13-5-8-16-33(28)45-39;1-2-11-24(12-3-1)26-14-10-15-27(23-26)34-31-22-21-25-13-4-5-16-28(25)35(31)42-40(41-34)43-32-19-8-6-17-29(32)37-36(43)39-38(45-37)30-18-7-9-20-33(30)44-39;1-2-10-18(11-3-1)25-19-12-4-7-15-22(19)31-30(32-25)33-23-16-8-5-13-20(23)27-26(33)29-28(35-27)21-14-6-9-17-24(21)34-29/h1-21H;1-23H;1-17H. The number of furan rings is 1. The van der Waals surface area contributed by atoms with Gasteiger partial charge >= 0.3 is 0 Å². The van der Waals surface area contributed by atoms with Gasteiger partial charge in [-0.2, -0.15) is 0 Å². The van der Waals surface area contributed by atoms with Crippen LogP contribution >= 0.6 is 68.0 Å². The van der Waals surface area contributed by atoms with Gasteiger partial charge in [0.25, 0.3) is 0 Å². The van der Waals surface area contributed by atoms with Gasteiger partial charge in [0.1, 0.15) is 11.2 Å². The summed E-state index contributed by atoms with van der Waals surface area (Å²) in [5.74, 6) is 2.08. The predicted molar refractivity (Wildman–Crippen MR) is 538 cm³/mol. The summed E-state index contributed by atoms with van der Waals surface area (Å²) in [5.41, 5.74) is 19.9. The third kappa shape index (κ3) is 11.0. The second-order valence-electron chi connectivity index (χ2n) is 31.8. The van der Waals surface area contributed by atoms with E-state index in [2.05, 4.69) is 359 Å². The zero-order chi connectivity index (χ0) is 82.3. The summed E-state index contributed by atoms with van der Waals surface area (Å²) < 4.78 is 28.9.